The molecule has 1 nitrogen and oxygen atoms in total. The Bertz CT molecular complexity index is 384. The highest BCUT2D eigenvalue weighted by molar-refractivity contribution is 6.31. The van der Waals surface area contributed by atoms with Crippen LogP contribution in [0.5, 0.6) is 0 Å². The van der Waals surface area contributed by atoms with E-state index in [1.807, 2.05) is 12.1 Å². The first-order valence-corrected chi connectivity index (χ1v) is 6.65. The first-order chi connectivity index (χ1) is 7.82. The van der Waals surface area contributed by atoms with E-state index in [1.165, 1.54) is 37.8 Å². The van der Waals surface area contributed by atoms with Crippen LogP contribution < -0.4 is 5.32 Å². The normalized spacial score (nSPS) is 27.7. The van der Waals surface area contributed by atoms with Crippen molar-refractivity contribution in [2.45, 2.75) is 31.6 Å². The van der Waals surface area contributed by atoms with Crippen molar-refractivity contribution in [2.75, 3.05) is 13.1 Å². The highest BCUT2D eigenvalue weighted by atomic mass is 35.5. The van der Waals surface area contributed by atoms with Gasteiger partial charge in [-0.25, -0.2) is 0 Å². The number of hydrogen-bond donors (Lipinski definition) is 1. The molecule has 1 aromatic carbocycles. The Morgan fingerprint density at radius 2 is 2.00 bits per heavy atom. The molecule has 1 aliphatic heterocycles. The Balaban J connectivity index is 1.95. The van der Waals surface area contributed by atoms with E-state index in [9.17, 15) is 0 Å². The second-order valence-corrected chi connectivity index (χ2v) is 5.65. The van der Waals surface area contributed by atoms with Gasteiger partial charge in [0.15, 0.2) is 0 Å². The molecule has 1 atom stereocenters. The summed E-state index contributed by atoms with van der Waals surface area (Å²) in [5.41, 5.74) is 1.92. The molecule has 2 aliphatic rings. The van der Waals surface area contributed by atoms with E-state index in [4.69, 9.17) is 11.6 Å². The van der Waals surface area contributed by atoms with Gasteiger partial charge in [0.1, 0.15) is 0 Å². The maximum Gasteiger partial charge on any atom is 0.0441 e. The van der Waals surface area contributed by atoms with Gasteiger partial charge in [0.25, 0.3) is 0 Å². The molecule has 2 heteroatoms. The van der Waals surface area contributed by atoms with E-state index in [0.29, 0.717) is 11.3 Å². The Labute approximate surface area is 102 Å². The third-order valence-corrected chi connectivity index (χ3v) is 4.86. The Morgan fingerprint density at radius 3 is 2.69 bits per heavy atom. The van der Waals surface area contributed by atoms with Crippen LogP contribution in [0.15, 0.2) is 24.3 Å². The molecule has 0 aromatic heterocycles. The van der Waals surface area contributed by atoms with Crippen LogP contribution in [0.1, 0.15) is 37.2 Å². The number of hydrogen-bond acceptors (Lipinski definition) is 1. The van der Waals surface area contributed by atoms with Gasteiger partial charge < -0.3 is 5.32 Å². The van der Waals surface area contributed by atoms with Crippen LogP contribution in [-0.4, -0.2) is 13.1 Å². The van der Waals surface area contributed by atoms with E-state index in [-0.39, 0.29) is 0 Å². The van der Waals surface area contributed by atoms with E-state index < -0.39 is 0 Å². The summed E-state index contributed by atoms with van der Waals surface area (Å²) < 4.78 is 0. The Hall–Kier alpha value is -0.530. The van der Waals surface area contributed by atoms with Gasteiger partial charge in [-0.1, -0.05) is 36.2 Å². The second-order valence-electron chi connectivity index (χ2n) is 5.24. The van der Waals surface area contributed by atoms with Gasteiger partial charge in [0.2, 0.25) is 0 Å². The molecule has 16 heavy (non-hydrogen) atoms. The molecular formula is C14H18ClN. The molecule has 1 saturated carbocycles. The first kappa shape index (κ1) is 10.6. The van der Waals surface area contributed by atoms with Crippen LogP contribution in [0.25, 0.3) is 0 Å². The van der Waals surface area contributed by atoms with Gasteiger partial charge in [-0.15, -0.1) is 0 Å². The number of piperidine rings is 1. The molecule has 1 saturated heterocycles. The Kier molecular flexibility index (Phi) is 2.68. The quantitative estimate of drug-likeness (QED) is 0.785. The minimum atomic E-state index is 0.566. The average molecular weight is 236 g/mol. The lowest BCUT2D eigenvalue weighted by Gasteiger charge is -2.51. The highest BCUT2D eigenvalue weighted by Crippen LogP contribution is 2.55. The van der Waals surface area contributed by atoms with E-state index in [2.05, 4.69) is 17.4 Å². The summed E-state index contributed by atoms with van der Waals surface area (Å²) in [6.45, 7) is 2.28. The molecule has 1 aliphatic carbocycles. The predicted octanol–water partition coefficient (Wildman–Crippen LogP) is 3.59. The molecule has 0 amide bonds. The van der Waals surface area contributed by atoms with Crippen molar-refractivity contribution in [3.05, 3.63) is 34.9 Å². The smallest absolute Gasteiger partial charge is 0.0441 e. The largest absolute Gasteiger partial charge is 0.316 e. The fourth-order valence-corrected chi connectivity index (χ4v) is 3.67. The number of benzene rings is 1. The standard InChI is InChI=1S/C14H18ClN/c15-13-5-2-1-4-11(13)12-10-16-9-8-14(12)6-3-7-14/h1-2,4-5,12,16H,3,6-10H2. The zero-order chi connectivity index (χ0) is 11.0. The zero-order valence-corrected chi connectivity index (χ0v) is 10.3. The number of rotatable bonds is 1. The van der Waals surface area contributed by atoms with Crippen LogP contribution in [-0.2, 0) is 0 Å². The van der Waals surface area contributed by atoms with Crippen LogP contribution in [0, 0.1) is 5.41 Å². The van der Waals surface area contributed by atoms with Gasteiger partial charge in [0, 0.05) is 17.5 Å². The van der Waals surface area contributed by atoms with Crippen molar-refractivity contribution < 1.29 is 0 Å². The van der Waals surface area contributed by atoms with Crippen molar-refractivity contribution in [3.8, 4) is 0 Å². The SMILES string of the molecule is Clc1ccccc1C1CNCCC12CCC2. The predicted molar refractivity (Wildman–Crippen MR) is 68.0 cm³/mol. The van der Waals surface area contributed by atoms with Crippen molar-refractivity contribution >= 4 is 11.6 Å². The molecule has 86 valence electrons. The van der Waals surface area contributed by atoms with Crippen LogP contribution in [0.3, 0.4) is 0 Å². The summed E-state index contributed by atoms with van der Waals surface area (Å²) >= 11 is 6.34. The molecule has 1 heterocycles. The number of nitrogens with one attached hydrogen (secondary N) is 1. The summed E-state index contributed by atoms with van der Waals surface area (Å²) in [4.78, 5) is 0. The minimum Gasteiger partial charge on any atom is -0.316 e. The molecule has 3 rings (SSSR count). The van der Waals surface area contributed by atoms with Gasteiger partial charge >= 0.3 is 0 Å². The molecule has 2 fully saturated rings. The van der Waals surface area contributed by atoms with E-state index in [1.54, 1.807) is 0 Å². The van der Waals surface area contributed by atoms with Gasteiger partial charge in [0.05, 0.1) is 0 Å². The van der Waals surface area contributed by atoms with Crippen molar-refractivity contribution in [1.29, 1.82) is 0 Å². The third-order valence-electron chi connectivity index (χ3n) is 4.52. The van der Waals surface area contributed by atoms with Crippen LogP contribution >= 0.6 is 11.6 Å². The monoisotopic (exact) mass is 235 g/mol. The Morgan fingerprint density at radius 1 is 1.19 bits per heavy atom. The maximum absolute atomic E-state index is 6.34. The van der Waals surface area contributed by atoms with Crippen molar-refractivity contribution in [2.24, 2.45) is 5.41 Å². The molecule has 1 N–H and O–H groups in total. The fraction of sp³-hybridized carbons (Fsp3) is 0.571. The average Bonchev–Trinajstić information content (AvgIpc) is 2.28. The lowest BCUT2D eigenvalue weighted by atomic mass is 9.56. The van der Waals surface area contributed by atoms with Crippen LogP contribution in [0.4, 0.5) is 0 Å². The summed E-state index contributed by atoms with van der Waals surface area (Å²) in [5, 5.41) is 4.47. The van der Waals surface area contributed by atoms with E-state index in [0.717, 1.165) is 11.6 Å². The molecule has 1 spiro atoms. The fourth-order valence-electron chi connectivity index (χ4n) is 3.40. The summed E-state index contributed by atoms with van der Waals surface area (Å²) in [5.74, 6) is 0.628. The van der Waals surface area contributed by atoms with Gasteiger partial charge in [-0.2, -0.15) is 0 Å². The lowest BCUT2D eigenvalue weighted by Crippen LogP contribution is -2.47. The second kappa shape index (κ2) is 4.05. The molecule has 1 aromatic rings. The van der Waals surface area contributed by atoms with Crippen molar-refractivity contribution in [1.82, 2.24) is 5.32 Å². The van der Waals surface area contributed by atoms with Gasteiger partial charge in [-0.05, 0) is 42.9 Å². The summed E-state index contributed by atoms with van der Waals surface area (Å²) in [7, 11) is 0. The number of halogens is 1. The van der Waals surface area contributed by atoms with Crippen LogP contribution in [0.2, 0.25) is 5.02 Å². The molecule has 0 bridgehead atoms. The topological polar surface area (TPSA) is 12.0 Å². The minimum absolute atomic E-state index is 0.566. The summed E-state index contributed by atoms with van der Waals surface area (Å²) in [6.07, 6.45) is 5.51. The summed E-state index contributed by atoms with van der Waals surface area (Å²) in [6, 6.07) is 8.37. The first-order valence-electron chi connectivity index (χ1n) is 6.27. The van der Waals surface area contributed by atoms with Crippen molar-refractivity contribution in [3.63, 3.8) is 0 Å². The van der Waals surface area contributed by atoms with Gasteiger partial charge in [-0.3, -0.25) is 0 Å². The highest BCUT2D eigenvalue weighted by Gasteiger charge is 2.46. The molecular weight excluding hydrogens is 218 g/mol. The lowest BCUT2D eigenvalue weighted by molar-refractivity contribution is 0.0581. The third kappa shape index (κ3) is 1.57. The zero-order valence-electron chi connectivity index (χ0n) is 9.51. The maximum atomic E-state index is 6.34. The molecule has 1 unspecified atom stereocenters. The van der Waals surface area contributed by atoms with E-state index >= 15 is 0 Å². The molecule has 0 radical (unpaired) electrons.